The molecule has 0 radical (unpaired) electrons. The second-order valence-electron chi connectivity index (χ2n) is 12.3. The van der Waals surface area contributed by atoms with Crippen molar-refractivity contribution in [3.05, 3.63) is 47.7 Å². The molecule has 2 aromatic rings. The molecule has 3 N–H and O–H groups in total. The summed E-state index contributed by atoms with van der Waals surface area (Å²) in [5.74, 6) is 1.95. The lowest BCUT2D eigenvalue weighted by Gasteiger charge is -2.50. The molecule has 8 nitrogen and oxygen atoms in total. The van der Waals surface area contributed by atoms with Crippen LogP contribution in [0.5, 0.6) is 0 Å². The molecule has 2 bridgehead atoms. The zero-order chi connectivity index (χ0) is 27.2. The number of alkyl carbamates (subject to hydrolysis) is 1. The Labute approximate surface area is 227 Å². The molecule has 1 heterocycles. The molecule has 4 rings (SSSR count). The molecule has 2 fully saturated rings. The Bertz CT molecular complexity index is 1110. The molecule has 8 heteroatoms. The second kappa shape index (κ2) is 12.0. The fourth-order valence-corrected chi connectivity index (χ4v) is 6.14. The molecule has 2 saturated carbocycles. The van der Waals surface area contributed by atoms with Gasteiger partial charge < -0.3 is 20.7 Å². The Hall–Kier alpha value is -3.34. The van der Waals surface area contributed by atoms with E-state index in [1.807, 2.05) is 26.8 Å². The first kappa shape index (κ1) is 27.7. The van der Waals surface area contributed by atoms with Crippen molar-refractivity contribution < 1.29 is 9.53 Å². The number of benzene rings is 1. The van der Waals surface area contributed by atoms with Crippen molar-refractivity contribution in [2.75, 3.05) is 23.7 Å². The normalized spacial score (nSPS) is 24.7. The van der Waals surface area contributed by atoms with Gasteiger partial charge in [-0.25, -0.2) is 9.78 Å². The van der Waals surface area contributed by atoms with Crippen molar-refractivity contribution in [2.45, 2.75) is 84.3 Å². The van der Waals surface area contributed by atoms with Crippen molar-refractivity contribution >= 4 is 17.9 Å². The first-order chi connectivity index (χ1) is 18.1. The zero-order valence-corrected chi connectivity index (χ0v) is 23.2. The molecule has 1 aromatic carbocycles. The number of hydrogen-bond donors (Lipinski definition) is 3. The first-order valence-corrected chi connectivity index (χ1v) is 13.9. The van der Waals surface area contributed by atoms with Crippen LogP contribution in [0.15, 0.2) is 36.5 Å². The van der Waals surface area contributed by atoms with Gasteiger partial charge in [-0.2, -0.15) is 10.2 Å². The van der Waals surface area contributed by atoms with Gasteiger partial charge in [-0.05, 0) is 82.1 Å². The number of aromatic nitrogens is 2. The van der Waals surface area contributed by atoms with Gasteiger partial charge in [-0.15, -0.1) is 0 Å². The van der Waals surface area contributed by atoms with E-state index in [1.54, 1.807) is 6.20 Å². The van der Waals surface area contributed by atoms with Gasteiger partial charge in [0.1, 0.15) is 23.1 Å². The van der Waals surface area contributed by atoms with Crippen LogP contribution in [0.2, 0.25) is 0 Å². The second-order valence-corrected chi connectivity index (χ2v) is 12.3. The minimum Gasteiger partial charge on any atom is -0.444 e. The highest BCUT2D eigenvalue weighted by atomic mass is 16.6. The number of nitrogens with one attached hydrogen (secondary N) is 3. The van der Waals surface area contributed by atoms with Crippen molar-refractivity contribution in [1.82, 2.24) is 15.3 Å². The van der Waals surface area contributed by atoms with E-state index < -0.39 is 5.60 Å². The average molecular weight is 519 g/mol. The molecule has 204 valence electrons. The summed E-state index contributed by atoms with van der Waals surface area (Å²) in [5.41, 5.74) is 1.30. The standard InChI is InChI=1S/C30H42N6O2/c1-29(2,3)38-28(37)35-25-22-13-8-14-23(25)17-30(4,16-22)20-34-26-24(18-31)19-33-27(36-26)32-15-9-12-21-10-6-5-7-11-21/h5-7,10-11,19,22-23,25H,8-9,12-17,20H2,1-4H3,(H,35,37)(H2,32,33,34,36)/t22-,23+,25?,30?. The summed E-state index contributed by atoms with van der Waals surface area (Å²) >= 11 is 0. The highest BCUT2D eigenvalue weighted by Crippen LogP contribution is 2.49. The number of ether oxygens (including phenoxy) is 1. The number of hydrogen-bond acceptors (Lipinski definition) is 7. The monoisotopic (exact) mass is 518 g/mol. The summed E-state index contributed by atoms with van der Waals surface area (Å²) in [6.45, 7) is 9.47. The summed E-state index contributed by atoms with van der Waals surface area (Å²) < 4.78 is 5.54. The lowest BCUT2D eigenvalue weighted by molar-refractivity contribution is 0.0155. The fraction of sp³-hybridized carbons (Fsp3) is 0.600. The lowest BCUT2D eigenvalue weighted by Crippen LogP contribution is -2.55. The summed E-state index contributed by atoms with van der Waals surface area (Å²) in [7, 11) is 0. The van der Waals surface area contributed by atoms with Gasteiger partial charge in [-0.3, -0.25) is 0 Å². The lowest BCUT2D eigenvalue weighted by atomic mass is 9.59. The number of anilines is 2. The van der Waals surface area contributed by atoms with E-state index in [2.05, 4.69) is 63.2 Å². The van der Waals surface area contributed by atoms with Crippen LogP contribution in [0.3, 0.4) is 0 Å². The maximum Gasteiger partial charge on any atom is 0.407 e. The van der Waals surface area contributed by atoms with Crippen LogP contribution in [0.1, 0.15) is 77.3 Å². The third-order valence-corrected chi connectivity index (χ3v) is 7.72. The summed E-state index contributed by atoms with van der Waals surface area (Å²) in [4.78, 5) is 21.5. The molecule has 38 heavy (non-hydrogen) atoms. The molecule has 1 aromatic heterocycles. The van der Waals surface area contributed by atoms with E-state index in [4.69, 9.17) is 4.74 Å². The summed E-state index contributed by atoms with van der Waals surface area (Å²) in [6, 6.07) is 12.8. The van der Waals surface area contributed by atoms with Crippen molar-refractivity contribution in [3.63, 3.8) is 0 Å². The molecule has 0 aliphatic heterocycles. The predicted octanol–water partition coefficient (Wildman–Crippen LogP) is 5.91. The van der Waals surface area contributed by atoms with Gasteiger partial charge in [-0.1, -0.05) is 43.7 Å². The van der Waals surface area contributed by atoms with Crippen molar-refractivity contribution in [3.8, 4) is 6.07 Å². The van der Waals surface area contributed by atoms with Gasteiger partial charge >= 0.3 is 6.09 Å². The fourth-order valence-electron chi connectivity index (χ4n) is 6.14. The summed E-state index contributed by atoms with van der Waals surface area (Å²) in [6.07, 6.45) is 8.67. The number of aryl methyl sites for hydroxylation is 1. The minimum absolute atomic E-state index is 0.0445. The van der Waals surface area contributed by atoms with Crippen LogP contribution in [-0.2, 0) is 11.2 Å². The van der Waals surface area contributed by atoms with E-state index >= 15 is 0 Å². The Morgan fingerprint density at radius 2 is 1.87 bits per heavy atom. The number of carbonyl (C=O) groups is 1. The minimum atomic E-state index is -0.502. The molecule has 1 amide bonds. The SMILES string of the molecule is CC1(CNc2nc(NCCCc3ccccc3)ncc2C#N)C[C@H]2CCC[C@@H](C1)C2NC(=O)OC(C)(C)C. The van der Waals surface area contributed by atoms with E-state index in [1.165, 1.54) is 12.0 Å². The highest BCUT2D eigenvalue weighted by molar-refractivity contribution is 5.68. The Balaban J connectivity index is 1.33. The molecular formula is C30H42N6O2. The van der Waals surface area contributed by atoms with Crippen LogP contribution in [-0.4, -0.2) is 40.8 Å². The van der Waals surface area contributed by atoms with Gasteiger partial charge in [0.25, 0.3) is 0 Å². The number of rotatable bonds is 9. The molecule has 4 atom stereocenters. The van der Waals surface area contributed by atoms with Gasteiger partial charge in [0.05, 0.1) is 6.20 Å². The largest absolute Gasteiger partial charge is 0.444 e. The third kappa shape index (κ3) is 7.59. The van der Waals surface area contributed by atoms with E-state index in [-0.39, 0.29) is 17.6 Å². The maximum absolute atomic E-state index is 12.5. The third-order valence-electron chi connectivity index (χ3n) is 7.72. The van der Waals surface area contributed by atoms with E-state index in [0.717, 1.165) is 51.6 Å². The molecule has 2 aliphatic carbocycles. The first-order valence-electron chi connectivity index (χ1n) is 13.9. The Kier molecular flexibility index (Phi) is 8.76. The number of fused-ring (bicyclic) bond motifs is 2. The van der Waals surface area contributed by atoms with Crippen LogP contribution >= 0.6 is 0 Å². The van der Waals surface area contributed by atoms with Crippen LogP contribution in [0, 0.1) is 28.6 Å². The topological polar surface area (TPSA) is 112 Å². The molecule has 0 saturated heterocycles. The van der Waals surface area contributed by atoms with Gasteiger partial charge in [0.15, 0.2) is 0 Å². The van der Waals surface area contributed by atoms with Gasteiger partial charge in [0, 0.05) is 19.1 Å². The molecule has 2 unspecified atom stereocenters. The van der Waals surface area contributed by atoms with Crippen LogP contribution in [0.25, 0.3) is 0 Å². The van der Waals surface area contributed by atoms with Crippen LogP contribution < -0.4 is 16.0 Å². The van der Waals surface area contributed by atoms with Crippen molar-refractivity contribution in [2.24, 2.45) is 17.3 Å². The van der Waals surface area contributed by atoms with Crippen molar-refractivity contribution in [1.29, 1.82) is 5.26 Å². The molecular weight excluding hydrogens is 476 g/mol. The number of carbonyl (C=O) groups excluding carboxylic acids is 1. The smallest absolute Gasteiger partial charge is 0.407 e. The average Bonchev–Trinajstić information content (AvgIpc) is 2.86. The molecule has 2 aliphatic rings. The maximum atomic E-state index is 12.5. The molecule has 0 spiro atoms. The number of nitrogens with zero attached hydrogens (tertiary/aromatic N) is 3. The number of nitriles is 1. The Morgan fingerprint density at radius 3 is 2.53 bits per heavy atom. The summed E-state index contributed by atoms with van der Waals surface area (Å²) in [5, 5.41) is 19.6. The van der Waals surface area contributed by atoms with E-state index in [9.17, 15) is 10.1 Å². The van der Waals surface area contributed by atoms with E-state index in [0.29, 0.717) is 29.2 Å². The predicted molar refractivity (Wildman–Crippen MR) is 150 cm³/mol. The quantitative estimate of drug-likeness (QED) is 0.354. The highest BCUT2D eigenvalue weighted by Gasteiger charge is 2.46. The number of amides is 1. The Morgan fingerprint density at radius 1 is 1.16 bits per heavy atom. The van der Waals surface area contributed by atoms with Gasteiger partial charge in [0.2, 0.25) is 5.95 Å². The van der Waals surface area contributed by atoms with Crippen LogP contribution in [0.4, 0.5) is 16.6 Å². The zero-order valence-electron chi connectivity index (χ0n) is 23.2.